The van der Waals surface area contributed by atoms with Crippen LogP contribution in [-0.2, 0) is 0 Å². The Morgan fingerprint density at radius 2 is 1.89 bits per heavy atom. The maximum atomic E-state index is 13.1. The number of hydrogen-bond acceptors (Lipinski definition) is 5. The molecule has 3 N–H and O–H groups in total. The van der Waals surface area contributed by atoms with Gasteiger partial charge in [0.25, 0.3) is 5.91 Å². The maximum Gasteiger partial charge on any atom is 0.270 e. The van der Waals surface area contributed by atoms with Gasteiger partial charge in [-0.25, -0.2) is 4.98 Å². The second-order valence-corrected chi connectivity index (χ2v) is 9.26. The van der Waals surface area contributed by atoms with Crippen LogP contribution in [0.4, 0.5) is 0 Å². The van der Waals surface area contributed by atoms with Crippen molar-refractivity contribution in [2.45, 2.75) is 82.8 Å². The highest BCUT2D eigenvalue weighted by molar-refractivity contribution is 5.94. The lowest BCUT2D eigenvalue weighted by Crippen LogP contribution is -2.45. The molecule has 4 aliphatic rings. The number of hydrazine groups is 1. The number of amides is 1. The third-order valence-corrected chi connectivity index (χ3v) is 7.33. The lowest BCUT2D eigenvalue weighted by Gasteiger charge is -2.33. The number of nitrogens with zero attached hydrogens (tertiary/aromatic N) is 2. The molecule has 0 spiro atoms. The van der Waals surface area contributed by atoms with E-state index < -0.39 is 0 Å². The Labute approximate surface area is 166 Å². The van der Waals surface area contributed by atoms with Crippen LogP contribution < -0.4 is 16.2 Å². The van der Waals surface area contributed by atoms with Crippen LogP contribution in [0, 0.1) is 37.0 Å². The molecular formula is C22H29N5O. The van der Waals surface area contributed by atoms with Crippen molar-refractivity contribution in [3.05, 3.63) is 28.1 Å². The first-order valence-corrected chi connectivity index (χ1v) is 10.8. The van der Waals surface area contributed by atoms with E-state index in [0.29, 0.717) is 35.2 Å². The third-order valence-electron chi connectivity index (χ3n) is 7.33. The summed E-state index contributed by atoms with van der Waals surface area (Å²) in [6.07, 6.45) is 7.93. The molecule has 1 aromatic heterocycles. The number of fused-ring (bicyclic) bond motifs is 1. The molecule has 4 atom stereocenters. The number of carbonyl (C=O) groups excluding carboxylic acids is 1. The van der Waals surface area contributed by atoms with Crippen LogP contribution in [0.1, 0.15) is 83.7 Å². The number of hydrogen-bond donors (Lipinski definition) is 3. The van der Waals surface area contributed by atoms with Crippen molar-refractivity contribution < 1.29 is 4.79 Å². The fourth-order valence-corrected chi connectivity index (χ4v) is 5.23. The monoisotopic (exact) mass is 379 g/mol. The minimum absolute atomic E-state index is 0.0719. The van der Waals surface area contributed by atoms with E-state index in [4.69, 9.17) is 4.98 Å². The highest BCUT2D eigenvalue weighted by atomic mass is 16.2. The van der Waals surface area contributed by atoms with Gasteiger partial charge in [-0.3, -0.25) is 15.6 Å². The van der Waals surface area contributed by atoms with E-state index in [2.05, 4.69) is 22.2 Å². The molecule has 0 aromatic carbocycles. The Kier molecular flexibility index (Phi) is 4.41. The number of pyridine rings is 1. The first-order valence-electron chi connectivity index (χ1n) is 10.8. The van der Waals surface area contributed by atoms with Gasteiger partial charge >= 0.3 is 0 Å². The first kappa shape index (κ1) is 18.1. The third kappa shape index (κ3) is 3.11. The molecule has 1 amide bonds. The minimum atomic E-state index is -0.0719. The molecule has 1 aromatic rings. The lowest BCUT2D eigenvalue weighted by atomic mass is 9.78. The molecular weight excluding hydrogens is 350 g/mol. The van der Waals surface area contributed by atoms with Gasteiger partial charge in [-0.15, -0.1) is 0 Å². The molecule has 5 rings (SSSR count). The summed E-state index contributed by atoms with van der Waals surface area (Å²) < 4.78 is 0. The van der Waals surface area contributed by atoms with Gasteiger partial charge in [0, 0.05) is 24.0 Å². The number of rotatable bonds is 4. The molecule has 4 unspecified atom stereocenters. The number of aromatic nitrogens is 1. The van der Waals surface area contributed by atoms with Crippen LogP contribution in [0.25, 0.3) is 0 Å². The van der Waals surface area contributed by atoms with Crippen LogP contribution in [0.3, 0.4) is 0 Å². The second kappa shape index (κ2) is 6.82. The predicted molar refractivity (Wildman–Crippen MR) is 106 cm³/mol. The van der Waals surface area contributed by atoms with Crippen molar-refractivity contribution in [2.24, 2.45) is 11.8 Å². The summed E-state index contributed by atoms with van der Waals surface area (Å²) >= 11 is 0. The molecule has 28 heavy (non-hydrogen) atoms. The van der Waals surface area contributed by atoms with Gasteiger partial charge in [0.15, 0.2) is 0 Å². The Bertz CT molecular complexity index is 851. The van der Waals surface area contributed by atoms with Crippen molar-refractivity contribution in [1.29, 1.82) is 5.26 Å². The van der Waals surface area contributed by atoms with E-state index in [0.717, 1.165) is 54.8 Å². The van der Waals surface area contributed by atoms with Gasteiger partial charge in [-0.2, -0.15) is 5.26 Å². The van der Waals surface area contributed by atoms with Crippen LogP contribution in [0.15, 0.2) is 0 Å². The Morgan fingerprint density at radius 1 is 1.11 bits per heavy atom. The zero-order valence-corrected chi connectivity index (χ0v) is 16.7. The van der Waals surface area contributed by atoms with E-state index in [-0.39, 0.29) is 11.9 Å². The molecule has 1 aliphatic heterocycles. The average Bonchev–Trinajstić information content (AvgIpc) is 3.61. The van der Waals surface area contributed by atoms with E-state index >= 15 is 0 Å². The van der Waals surface area contributed by atoms with E-state index in [1.54, 1.807) is 0 Å². The van der Waals surface area contributed by atoms with Crippen molar-refractivity contribution in [3.63, 3.8) is 0 Å². The van der Waals surface area contributed by atoms with Crippen LogP contribution in [0.2, 0.25) is 0 Å². The average molecular weight is 380 g/mol. The number of nitrogens with one attached hydrogen (secondary N) is 3. The fraction of sp³-hybridized carbons (Fsp3) is 0.682. The molecule has 6 heteroatoms. The smallest absolute Gasteiger partial charge is 0.270 e. The van der Waals surface area contributed by atoms with Crippen molar-refractivity contribution in [2.75, 3.05) is 0 Å². The predicted octanol–water partition coefficient (Wildman–Crippen LogP) is 2.60. The summed E-state index contributed by atoms with van der Waals surface area (Å²) in [5, 5.41) is 12.8. The lowest BCUT2D eigenvalue weighted by molar-refractivity contribution is 0.0908. The van der Waals surface area contributed by atoms with Gasteiger partial charge in [0.05, 0.1) is 11.3 Å². The summed E-state index contributed by atoms with van der Waals surface area (Å²) in [6, 6.07) is 3.62. The molecule has 2 heterocycles. The van der Waals surface area contributed by atoms with Gasteiger partial charge in [0.1, 0.15) is 11.8 Å². The Hall–Kier alpha value is -1.97. The molecule has 1 saturated heterocycles. The molecule has 4 fully saturated rings. The minimum Gasteiger partial charge on any atom is -0.348 e. The van der Waals surface area contributed by atoms with Gasteiger partial charge < -0.3 is 5.32 Å². The van der Waals surface area contributed by atoms with Crippen LogP contribution >= 0.6 is 0 Å². The standard InChI is InChI=1S/C22H29N5O/c1-11-12(2)19(25-20(13-3-4-13)17(11)10-23)22(28)24-15-7-8-18-16(9-15)21(27-26-18)14-5-6-14/h13-16,18,21,26-27H,3-9H2,1-2H3,(H,24,28). The number of carbonyl (C=O) groups is 1. The van der Waals surface area contributed by atoms with Gasteiger partial charge in [-0.05, 0) is 81.8 Å². The SMILES string of the molecule is Cc1c(C(=O)NC2CCC3NNC(C4CC4)C3C2)nc(C2CC2)c(C#N)c1C. The molecule has 6 nitrogen and oxygen atoms in total. The van der Waals surface area contributed by atoms with E-state index in [1.807, 2.05) is 13.8 Å². The molecule has 3 aliphatic carbocycles. The summed E-state index contributed by atoms with van der Waals surface area (Å²) in [6.45, 7) is 3.86. The summed E-state index contributed by atoms with van der Waals surface area (Å²) in [5.74, 6) is 1.69. The van der Waals surface area contributed by atoms with Gasteiger partial charge in [0.2, 0.25) is 0 Å². The molecule has 148 valence electrons. The Balaban J connectivity index is 1.34. The largest absolute Gasteiger partial charge is 0.348 e. The quantitative estimate of drug-likeness (QED) is 0.748. The first-order chi connectivity index (χ1) is 13.6. The van der Waals surface area contributed by atoms with Crippen molar-refractivity contribution in [1.82, 2.24) is 21.2 Å². The summed E-state index contributed by atoms with van der Waals surface area (Å²) in [4.78, 5) is 17.8. The van der Waals surface area contributed by atoms with Gasteiger partial charge in [-0.1, -0.05) is 0 Å². The van der Waals surface area contributed by atoms with Crippen molar-refractivity contribution >= 4 is 5.91 Å². The van der Waals surface area contributed by atoms with Crippen molar-refractivity contribution in [3.8, 4) is 6.07 Å². The van der Waals surface area contributed by atoms with E-state index in [9.17, 15) is 10.1 Å². The molecule has 0 radical (unpaired) electrons. The zero-order chi connectivity index (χ0) is 19.4. The highest BCUT2D eigenvalue weighted by Gasteiger charge is 2.46. The molecule has 3 saturated carbocycles. The fourth-order valence-electron chi connectivity index (χ4n) is 5.23. The summed E-state index contributed by atoms with van der Waals surface area (Å²) in [5.41, 5.74) is 10.8. The normalized spacial score (nSPS) is 31.9. The summed E-state index contributed by atoms with van der Waals surface area (Å²) in [7, 11) is 0. The molecule has 0 bridgehead atoms. The van der Waals surface area contributed by atoms with Crippen LogP contribution in [-0.4, -0.2) is 29.0 Å². The second-order valence-electron chi connectivity index (χ2n) is 9.26. The Morgan fingerprint density at radius 3 is 2.57 bits per heavy atom. The van der Waals surface area contributed by atoms with E-state index in [1.165, 1.54) is 12.8 Å². The maximum absolute atomic E-state index is 13.1. The zero-order valence-electron chi connectivity index (χ0n) is 16.7. The highest BCUT2D eigenvalue weighted by Crippen LogP contribution is 2.43. The number of nitriles is 1. The van der Waals surface area contributed by atoms with Crippen LogP contribution in [0.5, 0.6) is 0 Å². The topological polar surface area (TPSA) is 89.8 Å².